The van der Waals surface area contributed by atoms with Crippen LogP contribution in [0.3, 0.4) is 0 Å². The lowest BCUT2D eigenvalue weighted by Crippen LogP contribution is -2.13. The van der Waals surface area contributed by atoms with Crippen molar-refractivity contribution in [2.24, 2.45) is 0 Å². The number of amides is 1. The van der Waals surface area contributed by atoms with Gasteiger partial charge in [-0.05, 0) is 38.0 Å². The first-order valence-electron chi connectivity index (χ1n) is 7.95. The van der Waals surface area contributed by atoms with E-state index in [0.717, 1.165) is 22.4 Å². The van der Waals surface area contributed by atoms with Crippen LogP contribution in [-0.2, 0) is 0 Å². The Morgan fingerprint density at radius 2 is 1.81 bits per heavy atom. The van der Waals surface area contributed by atoms with E-state index in [4.69, 9.17) is 0 Å². The van der Waals surface area contributed by atoms with Crippen LogP contribution in [0.5, 0.6) is 0 Å². The number of hydrogen-bond acceptors (Lipinski definition) is 5. The Kier molecular flexibility index (Phi) is 4.81. The van der Waals surface area contributed by atoms with E-state index in [-0.39, 0.29) is 11.3 Å². The number of aryl methyl sites for hydroxylation is 3. The molecule has 3 rings (SSSR count). The van der Waals surface area contributed by atoms with Crippen molar-refractivity contribution in [3.8, 4) is 11.3 Å². The van der Waals surface area contributed by atoms with Gasteiger partial charge in [0.15, 0.2) is 5.13 Å². The zero-order valence-corrected chi connectivity index (χ0v) is 15.4. The normalized spacial score (nSPS) is 10.6. The number of anilines is 1. The molecule has 1 N–H and O–H groups in total. The Hall–Kier alpha value is -3.06. The molecule has 0 unspecified atom stereocenters. The number of rotatable bonds is 4. The number of para-hydroxylation sites is 1. The molecule has 7 heteroatoms. The molecule has 0 aliphatic carbocycles. The summed E-state index contributed by atoms with van der Waals surface area (Å²) < 4.78 is 0. The minimum absolute atomic E-state index is 0.0111. The molecule has 0 saturated heterocycles. The summed E-state index contributed by atoms with van der Waals surface area (Å²) in [6.45, 7) is 6.10. The lowest BCUT2D eigenvalue weighted by molar-refractivity contribution is -0.385. The monoisotopic (exact) mass is 367 g/mol. The number of aromatic nitrogens is 1. The third kappa shape index (κ3) is 3.48. The highest BCUT2D eigenvalue weighted by molar-refractivity contribution is 7.14. The van der Waals surface area contributed by atoms with Gasteiger partial charge in [-0.25, -0.2) is 4.98 Å². The number of benzene rings is 2. The fraction of sp³-hybridized carbons (Fsp3) is 0.158. The van der Waals surface area contributed by atoms with Gasteiger partial charge in [-0.3, -0.25) is 20.2 Å². The molecule has 0 aliphatic heterocycles. The Balaban J connectivity index is 1.88. The van der Waals surface area contributed by atoms with E-state index in [1.807, 2.05) is 26.2 Å². The van der Waals surface area contributed by atoms with Gasteiger partial charge < -0.3 is 0 Å². The SMILES string of the molecule is Cc1cc(C)c(-c2csc(NC(=O)c3ccccc3[N+](=O)[O-])n2)c(C)c1. The van der Waals surface area contributed by atoms with E-state index >= 15 is 0 Å². The summed E-state index contributed by atoms with van der Waals surface area (Å²) in [5.41, 5.74) is 5.02. The molecule has 0 aliphatic rings. The summed E-state index contributed by atoms with van der Waals surface area (Å²) >= 11 is 1.29. The van der Waals surface area contributed by atoms with Gasteiger partial charge in [0.2, 0.25) is 0 Å². The third-order valence-electron chi connectivity index (χ3n) is 4.00. The molecule has 2 aromatic carbocycles. The van der Waals surface area contributed by atoms with Crippen LogP contribution in [-0.4, -0.2) is 15.8 Å². The van der Waals surface area contributed by atoms with Crippen LogP contribution in [0.15, 0.2) is 41.8 Å². The number of nitrogens with zero attached hydrogens (tertiary/aromatic N) is 2. The van der Waals surface area contributed by atoms with Crippen molar-refractivity contribution >= 4 is 28.1 Å². The Morgan fingerprint density at radius 1 is 1.15 bits per heavy atom. The number of carbonyl (C=O) groups is 1. The second kappa shape index (κ2) is 7.05. The average Bonchev–Trinajstić information content (AvgIpc) is 3.01. The molecule has 0 bridgehead atoms. The van der Waals surface area contributed by atoms with Crippen molar-refractivity contribution in [3.05, 3.63) is 74.1 Å². The molecule has 0 fully saturated rings. The van der Waals surface area contributed by atoms with Gasteiger partial charge in [0.05, 0.1) is 10.6 Å². The molecule has 0 atom stereocenters. The summed E-state index contributed by atoms with van der Waals surface area (Å²) in [7, 11) is 0. The number of nitro groups is 1. The number of carbonyl (C=O) groups excluding carboxylic acids is 1. The van der Waals surface area contributed by atoms with Crippen LogP contribution in [0.25, 0.3) is 11.3 Å². The van der Waals surface area contributed by atoms with Gasteiger partial charge in [-0.2, -0.15) is 0 Å². The highest BCUT2D eigenvalue weighted by Gasteiger charge is 2.20. The van der Waals surface area contributed by atoms with E-state index in [1.165, 1.54) is 35.1 Å². The summed E-state index contributed by atoms with van der Waals surface area (Å²) in [5, 5.41) is 16.0. The molecule has 3 aromatic rings. The highest BCUT2D eigenvalue weighted by atomic mass is 32.1. The molecule has 0 spiro atoms. The van der Waals surface area contributed by atoms with Crippen molar-refractivity contribution in [1.82, 2.24) is 4.98 Å². The van der Waals surface area contributed by atoms with Crippen molar-refractivity contribution in [3.63, 3.8) is 0 Å². The molecule has 1 heterocycles. The maximum Gasteiger partial charge on any atom is 0.282 e. The van der Waals surface area contributed by atoms with Crippen LogP contribution in [0.1, 0.15) is 27.0 Å². The quantitative estimate of drug-likeness (QED) is 0.525. The zero-order chi connectivity index (χ0) is 18.8. The topological polar surface area (TPSA) is 85.1 Å². The number of nitrogens with one attached hydrogen (secondary N) is 1. The molecule has 26 heavy (non-hydrogen) atoms. The molecule has 0 radical (unpaired) electrons. The smallest absolute Gasteiger partial charge is 0.282 e. The van der Waals surface area contributed by atoms with Crippen LogP contribution < -0.4 is 5.32 Å². The maximum atomic E-state index is 12.4. The fourth-order valence-corrected chi connectivity index (χ4v) is 3.72. The minimum atomic E-state index is -0.568. The molecule has 6 nitrogen and oxygen atoms in total. The predicted octanol–water partition coefficient (Wildman–Crippen LogP) is 4.90. The lowest BCUT2D eigenvalue weighted by atomic mass is 9.98. The molecule has 0 saturated carbocycles. The van der Waals surface area contributed by atoms with Gasteiger partial charge in [0, 0.05) is 17.0 Å². The molecular weight excluding hydrogens is 350 g/mol. The van der Waals surface area contributed by atoms with Crippen molar-refractivity contribution < 1.29 is 9.72 Å². The zero-order valence-electron chi connectivity index (χ0n) is 14.6. The van der Waals surface area contributed by atoms with E-state index < -0.39 is 10.8 Å². The second-order valence-electron chi connectivity index (χ2n) is 6.04. The first kappa shape index (κ1) is 17.8. The Morgan fingerprint density at radius 3 is 2.46 bits per heavy atom. The first-order chi connectivity index (χ1) is 12.4. The average molecular weight is 367 g/mol. The minimum Gasteiger partial charge on any atom is -0.298 e. The van der Waals surface area contributed by atoms with Crippen LogP contribution >= 0.6 is 11.3 Å². The van der Waals surface area contributed by atoms with Crippen molar-refractivity contribution in [2.45, 2.75) is 20.8 Å². The van der Waals surface area contributed by atoms with Gasteiger partial charge in [-0.15, -0.1) is 11.3 Å². The Bertz CT molecular complexity index is 988. The highest BCUT2D eigenvalue weighted by Crippen LogP contribution is 2.31. The van der Waals surface area contributed by atoms with Crippen LogP contribution in [0, 0.1) is 30.9 Å². The summed E-state index contributed by atoms with van der Waals surface area (Å²) in [4.78, 5) is 27.4. The number of nitro benzene ring substituents is 1. The molecule has 132 valence electrons. The van der Waals surface area contributed by atoms with Crippen LogP contribution in [0.4, 0.5) is 10.8 Å². The largest absolute Gasteiger partial charge is 0.298 e. The van der Waals surface area contributed by atoms with E-state index in [2.05, 4.69) is 22.4 Å². The molecule has 1 aromatic heterocycles. The van der Waals surface area contributed by atoms with Crippen molar-refractivity contribution in [2.75, 3.05) is 5.32 Å². The lowest BCUT2D eigenvalue weighted by Gasteiger charge is -2.08. The number of hydrogen-bond donors (Lipinski definition) is 1. The predicted molar refractivity (Wildman–Crippen MR) is 103 cm³/mol. The van der Waals surface area contributed by atoms with E-state index in [1.54, 1.807) is 6.07 Å². The standard InChI is InChI=1S/C19H17N3O3S/c1-11-8-12(2)17(13(3)9-11)15-10-26-19(20-15)21-18(23)14-6-4-5-7-16(14)22(24)25/h4-10H,1-3H3,(H,20,21,23). The van der Waals surface area contributed by atoms with E-state index in [0.29, 0.717) is 5.13 Å². The number of thiazole rings is 1. The van der Waals surface area contributed by atoms with Gasteiger partial charge >= 0.3 is 0 Å². The van der Waals surface area contributed by atoms with Gasteiger partial charge in [0.25, 0.3) is 11.6 Å². The summed E-state index contributed by atoms with van der Waals surface area (Å²) in [6, 6.07) is 10.0. The third-order valence-corrected chi connectivity index (χ3v) is 4.76. The molecule has 1 amide bonds. The summed E-state index contributed by atoms with van der Waals surface area (Å²) in [6.07, 6.45) is 0. The van der Waals surface area contributed by atoms with Crippen LogP contribution in [0.2, 0.25) is 0 Å². The Labute approximate surface area is 154 Å². The van der Waals surface area contributed by atoms with E-state index in [9.17, 15) is 14.9 Å². The van der Waals surface area contributed by atoms with Gasteiger partial charge in [-0.1, -0.05) is 29.8 Å². The maximum absolute atomic E-state index is 12.4. The summed E-state index contributed by atoms with van der Waals surface area (Å²) in [5.74, 6) is -0.546. The van der Waals surface area contributed by atoms with Crippen molar-refractivity contribution in [1.29, 1.82) is 0 Å². The first-order valence-corrected chi connectivity index (χ1v) is 8.83. The molecular formula is C19H17N3O3S. The van der Waals surface area contributed by atoms with Gasteiger partial charge in [0.1, 0.15) is 5.56 Å². The second-order valence-corrected chi connectivity index (χ2v) is 6.90. The fourth-order valence-electron chi connectivity index (χ4n) is 3.02.